The van der Waals surface area contributed by atoms with Crippen molar-refractivity contribution in [2.45, 2.75) is 0 Å². The highest BCUT2D eigenvalue weighted by Gasteiger charge is 2.19. The molecule has 49 heavy (non-hydrogen) atoms. The summed E-state index contributed by atoms with van der Waals surface area (Å²) >= 11 is 0. The normalized spacial score (nSPS) is 11.7. The van der Waals surface area contributed by atoms with Gasteiger partial charge in [0.05, 0.1) is 0 Å². The molecule has 0 unspecified atom stereocenters. The maximum atomic E-state index is 6.41. The predicted molar refractivity (Wildman–Crippen MR) is 204 cm³/mol. The van der Waals surface area contributed by atoms with Crippen LogP contribution in [-0.2, 0) is 0 Å². The summed E-state index contributed by atoms with van der Waals surface area (Å²) in [6.45, 7) is 0. The van der Waals surface area contributed by atoms with Gasteiger partial charge in [-0.2, -0.15) is 0 Å². The molecule has 0 amide bonds. The fraction of sp³-hybridized carbons (Fsp3) is 0. The number of para-hydroxylation sites is 2. The summed E-state index contributed by atoms with van der Waals surface area (Å²) in [4.78, 5) is 2.35. The molecular formula is C46H29NO2. The van der Waals surface area contributed by atoms with Crippen LogP contribution in [0.4, 0.5) is 17.1 Å². The van der Waals surface area contributed by atoms with E-state index in [1.165, 1.54) is 22.3 Å². The monoisotopic (exact) mass is 627 g/mol. The van der Waals surface area contributed by atoms with Gasteiger partial charge in [0, 0.05) is 44.0 Å². The second-order valence-corrected chi connectivity index (χ2v) is 12.5. The van der Waals surface area contributed by atoms with Gasteiger partial charge in [-0.3, -0.25) is 0 Å². The summed E-state index contributed by atoms with van der Waals surface area (Å²) in [5, 5.41) is 6.68. The molecule has 0 aliphatic carbocycles. The van der Waals surface area contributed by atoms with Crippen molar-refractivity contribution >= 4 is 71.7 Å². The minimum absolute atomic E-state index is 0.875. The molecule has 0 fully saturated rings. The van der Waals surface area contributed by atoms with Crippen LogP contribution >= 0.6 is 0 Å². The van der Waals surface area contributed by atoms with Crippen LogP contribution in [-0.4, -0.2) is 0 Å². The SMILES string of the molecule is c1ccc(-c2ccc(N(c3ccc4c(ccc5c6ccccc6oc45)c3)c3ccc4oc5ccccc5c4c3)cc2-c2ccccc2)cc1. The summed E-state index contributed by atoms with van der Waals surface area (Å²) in [5.74, 6) is 0. The third-order valence-corrected chi connectivity index (χ3v) is 9.65. The molecule has 2 heterocycles. The standard InChI is InChI=1S/C46H29NO2/c1-3-11-30(12-4-1)36-24-20-34(28-41(36)31-13-5-2-6-14-31)47(35-22-26-45-42(29-35)39-16-8-9-17-43(39)48-45)33-21-25-37-32(27-33)19-23-40-38-15-7-10-18-44(38)49-46(37)40/h1-29H. The van der Waals surface area contributed by atoms with Crippen molar-refractivity contribution in [3.05, 3.63) is 176 Å². The third kappa shape index (κ3) is 4.51. The fourth-order valence-electron chi connectivity index (χ4n) is 7.34. The van der Waals surface area contributed by atoms with Crippen molar-refractivity contribution in [1.82, 2.24) is 0 Å². The van der Waals surface area contributed by atoms with E-state index in [1.54, 1.807) is 0 Å². The molecule has 0 saturated heterocycles. The molecule has 0 atom stereocenters. The number of hydrogen-bond acceptors (Lipinski definition) is 3. The highest BCUT2D eigenvalue weighted by molar-refractivity contribution is 6.15. The van der Waals surface area contributed by atoms with Crippen LogP contribution in [0.5, 0.6) is 0 Å². The van der Waals surface area contributed by atoms with Crippen LogP contribution in [0.15, 0.2) is 185 Å². The van der Waals surface area contributed by atoms with E-state index < -0.39 is 0 Å². The fourth-order valence-corrected chi connectivity index (χ4v) is 7.34. The van der Waals surface area contributed by atoms with Crippen molar-refractivity contribution < 1.29 is 8.83 Å². The minimum Gasteiger partial charge on any atom is -0.456 e. The zero-order valence-electron chi connectivity index (χ0n) is 26.5. The molecule has 8 aromatic carbocycles. The Kier molecular flexibility index (Phi) is 6.18. The lowest BCUT2D eigenvalue weighted by Crippen LogP contribution is -2.10. The van der Waals surface area contributed by atoms with Gasteiger partial charge in [-0.1, -0.05) is 109 Å². The average molecular weight is 628 g/mol. The molecule has 0 aliphatic rings. The largest absolute Gasteiger partial charge is 0.456 e. The predicted octanol–water partition coefficient (Wildman–Crippen LogP) is 13.4. The second-order valence-electron chi connectivity index (χ2n) is 12.5. The first-order valence-corrected chi connectivity index (χ1v) is 16.6. The van der Waals surface area contributed by atoms with Gasteiger partial charge in [0.15, 0.2) is 0 Å². The van der Waals surface area contributed by atoms with E-state index in [0.717, 1.165) is 71.7 Å². The summed E-state index contributed by atoms with van der Waals surface area (Å²) in [5.41, 5.74) is 11.5. The smallest absolute Gasteiger partial charge is 0.143 e. The third-order valence-electron chi connectivity index (χ3n) is 9.65. The topological polar surface area (TPSA) is 29.5 Å². The van der Waals surface area contributed by atoms with Crippen molar-refractivity contribution in [2.75, 3.05) is 4.90 Å². The van der Waals surface area contributed by atoms with Crippen molar-refractivity contribution in [3.63, 3.8) is 0 Å². The Bertz CT molecular complexity index is 2830. The first-order valence-electron chi connectivity index (χ1n) is 16.6. The Morgan fingerprint density at radius 2 is 0.878 bits per heavy atom. The summed E-state index contributed by atoms with van der Waals surface area (Å²) in [6, 6.07) is 62.2. The molecule has 0 radical (unpaired) electrons. The van der Waals surface area contributed by atoms with Crippen LogP contribution in [0, 0.1) is 0 Å². The first-order chi connectivity index (χ1) is 24.3. The van der Waals surface area contributed by atoms with E-state index >= 15 is 0 Å². The molecule has 10 rings (SSSR count). The van der Waals surface area contributed by atoms with E-state index in [1.807, 2.05) is 24.3 Å². The minimum atomic E-state index is 0.875. The van der Waals surface area contributed by atoms with Gasteiger partial charge >= 0.3 is 0 Å². The van der Waals surface area contributed by atoms with Gasteiger partial charge in [0.2, 0.25) is 0 Å². The van der Waals surface area contributed by atoms with Crippen LogP contribution < -0.4 is 4.90 Å². The number of benzene rings is 8. The molecule has 10 aromatic rings. The quantitative estimate of drug-likeness (QED) is 0.190. The Balaban J connectivity index is 1.21. The Labute approximate surface area is 282 Å². The van der Waals surface area contributed by atoms with Crippen LogP contribution in [0.1, 0.15) is 0 Å². The molecule has 0 N–H and O–H groups in total. The molecular weight excluding hydrogens is 599 g/mol. The highest BCUT2D eigenvalue weighted by atomic mass is 16.3. The Morgan fingerprint density at radius 3 is 1.65 bits per heavy atom. The number of hydrogen-bond donors (Lipinski definition) is 0. The van der Waals surface area contributed by atoms with E-state index in [0.29, 0.717) is 0 Å². The van der Waals surface area contributed by atoms with Gasteiger partial charge in [-0.15, -0.1) is 0 Å². The van der Waals surface area contributed by atoms with Crippen molar-refractivity contribution in [3.8, 4) is 22.3 Å². The lowest BCUT2D eigenvalue weighted by atomic mass is 9.93. The van der Waals surface area contributed by atoms with Gasteiger partial charge < -0.3 is 13.7 Å². The van der Waals surface area contributed by atoms with Gasteiger partial charge in [0.25, 0.3) is 0 Å². The lowest BCUT2D eigenvalue weighted by molar-refractivity contribution is 0.669. The average Bonchev–Trinajstić information content (AvgIpc) is 3.74. The Morgan fingerprint density at radius 1 is 0.327 bits per heavy atom. The summed E-state index contributed by atoms with van der Waals surface area (Å²) in [7, 11) is 0. The first kappa shape index (κ1) is 27.5. The number of fused-ring (bicyclic) bond motifs is 8. The van der Waals surface area contributed by atoms with Crippen molar-refractivity contribution in [1.29, 1.82) is 0 Å². The number of rotatable bonds is 5. The second kappa shape index (κ2) is 11.0. The van der Waals surface area contributed by atoms with Gasteiger partial charge in [-0.05, 0) is 94.4 Å². The zero-order valence-corrected chi connectivity index (χ0v) is 26.5. The maximum Gasteiger partial charge on any atom is 0.143 e. The van der Waals surface area contributed by atoms with Crippen LogP contribution in [0.2, 0.25) is 0 Å². The summed E-state index contributed by atoms with van der Waals surface area (Å²) < 4.78 is 12.6. The van der Waals surface area contributed by atoms with Gasteiger partial charge in [0.1, 0.15) is 22.3 Å². The van der Waals surface area contributed by atoms with Crippen LogP contribution in [0.3, 0.4) is 0 Å². The molecule has 2 aromatic heterocycles. The van der Waals surface area contributed by atoms with E-state index in [2.05, 4.69) is 157 Å². The number of nitrogens with zero attached hydrogens (tertiary/aromatic N) is 1. The number of furan rings is 2. The molecule has 0 bridgehead atoms. The molecule has 0 aliphatic heterocycles. The molecule has 0 spiro atoms. The lowest BCUT2D eigenvalue weighted by Gasteiger charge is -2.27. The Hall–Kier alpha value is -6.58. The van der Waals surface area contributed by atoms with E-state index in [4.69, 9.17) is 8.83 Å². The highest BCUT2D eigenvalue weighted by Crippen LogP contribution is 2.44. The molecule has 0 saturated carbocycles. The molecule has 230 valence electrons. The van der Waals surface area contributed by atoms with Gasteiger partial charge in [-0.25, -0.2) is 0 Å². The van der Waals surface area contributed by atoms with Crippen molar-refractivity contribution in [2.24, 2.45) is 0 Å². The molecule has 3 heteroatoms. The zero-order chi connectivity index (χ0) is 32.3. The van der Waals surface area contributed by atoms with Crippen LogP contribution in [0.25, 0.3) is 76.9 Å². The van der Waals surface area contributed by atoms with E-state index in [9.17, 15) is 0 Å². The number of anilines is 3. The molecule has 3 nitrogen and oxygen atoms in total. The maximum absolute atomic E-state index is 6.41. The van der Waals surface area contributed by atoms with E-state index in [-0.39, 0.29) is 0 Å². The summed E-state index contributed by atoms with van der Waals surface area (Å²) in [6.07, 6.45) is 0.